The van der Waals surface area contributed by atoms with Crippen LogP contribution >= 0.6 is 0 Å². The average Bonchev–Trinajstić information content (AvgIpc) is 3.52. The van der Waals surface area contributed by atoms with E-state index in [1.807, 2.05) is 48.5 Å². The Balaban J connectivity index is 1.34. The lowest BCUT2D eigenvalue weighted by molar-refractivity contribution is -0.534. The summed E-state index contributed by atoms with van der Waals surface area (Å²) in [5.41, 5.74) is 1.70. The normalized spacial score (nSPS) is 27.0. The van der Waals surface area contributed by atoms with Gasteiger partial charge >= 0.3 is 0 Å². The van der Waals surface area contributed by atoms with Crippen molar-refractivity contribution in [2.75, 3.05) is 11.9 Å². The van der Waals surface area contributed by atoms with E-state index in [0.29, 0.717) is 23.5 Å². The van der Waals surface area contributed by atoms with Gasteiger partial charge in [0.25, 0.3) is 11.9 Å². The van der Waals surface area contributed by atoms with Crippen LogP contribution in [0.4, 0.5) is 10.1 Å². The number of hydrogen-bond acceptors (Lipinski definition) is 5. The molecule has 6 rings (SSSR count). The van der Waals surface area contributed by atoms with E-state index >= 15 is 0 Å². The van der Waals surface area contributed by atoms with Crippen LogP contribution in [0.15, 0.2) is 72.8 Å². The quantitative estimate of drug-likeness (QED) is 0.437. The Morgan fingerprint density at radius 1 is 1.09 bits per heavy atom. The van der Waals surface area contributed by atoms with Crippen LogP contribution in [-0.4, -0.2) is 34.4 Å². The maximum atomic E-state index is 13.5. The Hall–Kier alpha value is -3.78. The van der Waals surface area contributed by atoms with Crippen LogP contribution in [-0.2, 0) is 16.9 Å². The molecule has 0 aromatic heterocycles. The summed E-state index contributed by atoms with van der Waals surface area (Å²) in [7, 11) is 0. The fourth-order valence-electron chi connectivity index (χ4n) is 6.31. The highest BCUT2D eigenvalue weighted by atomic mass is 19.1. The number of carbonyl (C=O) groups is 1. The first-order valence-electron chi connectivity index (χ1n) is 11.8. The van der Waals surface area contributed by atoms with E-state index in [-0.39, 0.29) is 29.3 Å². The first-order valence-corrected chi connectivity index (χ1v) is 11.8. The summed E-state index contributed by atoms with van der Waals surface area (Å²) in [6.07, 6.45) is 1.69. The SMILES string of the molecule is O=C1Nc2ccccc2[C@]12[C@H]([N+](=O)[O-])[C@H](c1ccc(OCc3ccc(F)cc3)cc1)[C@H]1CCCN12. The summed E-state index contributed by atoms with van der Waals surface area (Å²) in [6, 6.07) is 19.6. The molecule has 0 radical (unpaired) electrons. The highest BCUT2D eigenvalue weighted by molar-refractivity contribution is 6.07. The fourth-order valence-corrected chi connectivity index (χ4v) is 6.31. The van der Waals surface area contributed by atoms with Crippen molar-refractivity contribution in [1.82, 2.24) is 4.90 Å². The van der Waals surface area contributed by atoms with Gasteiger partial charge in [-0.2, -0.15) is 0 Å². The molecule has 3 aliphatic rings. The molecule has 35 heavy (non-hydrogen) atoms. The monoisotopic (exact) mass is 473 g/mol. The van der Waals surface area contributed by atoms with Gasteiger partial charge in [-0.3, -0.25) is 19.8 Å². The minimum atomic E-state index is -1.32. The highest BCUT2D eigenvalue weighted by Crippen LogP contribution is 2.58. The fraction of sp³-hybridized carbons (Fsp3) is 0.296. The van der Waals surface area contributed by atoms with Gasteiger partial charge in [0.2, 0.25) is 0 Å². The molecule has 4 atom stereocenters. The number of para-hydroxylation sites is 1. The second-order valence-electron chi connectivity index (χ2n) is 9.41. The predicted molar refractivity (Wildman–Crippen MR) is 127 cm³/mol. The molecule has 3 aromatic rings. The first kappa shape index (κ1) is 21.7. The number of amides is 1. The summed E-state index contributed by atoms with van der Waals surface area (Å²) in [4.78, 5) is 27.9. The van der Waals surface area contributed by atoms with Gasteiger partial charge in [0.05, 0.1) is 5.92 Å². The number of nitro groups is 1. The second kappa shape index (κ2) is 8.16. The van der Waals surface area contributed by atoms with Gasteiger partial charge in [-0.1, -0.05) is 42.5 Å². The number of carbonyl (C=O) groups excluding carboxylic acids is 1. The number of hydrogen-bond donors (Lipinski definition) is 1. The second-order valence-corrected chi connectivity index (χ2v) is 9.41. The number of anilines is 1. The van der Waals surface area contributed by atoms with Crippen LogP contribution in [0.5, 0.6) is 5.75 Å². The van der Waals surface area contributed by atoms with Gasteiger partial charge in [-0.05, 0) is 54.3 Å². The lowest BCUT2D eigenvalue weighted by Crippen LogP contribution is -2.55. The molecule has 3 aromatic carbocycles. The number of benzene rings is 3. The third-order valence-electron chi connectivity index (χ3n) is 7.68. The maximum absolute atomic E-state index is 13.5. The summed E-state index contributed by atoms with van der Waals surface area (Å²) in [5.74, 6) is -0.424. The Morgan fingerprint density at radius 3 is 2.57 bits per heavy atom. The lowest BCUT2D eigenvalue weighted by Gasteiger charge is -2.32. The molecule has 1 spiro atoms. The van der Waals surface area contributed by atoms with Crippen LogP contribution in [0.1, 0.15) is 35.4 Å². The van der Waals surface area contributed by atoms with Crippen molar-refractivity contribution in [1.29, 1.82) is 0 Å². The molecule has 0 saturated carbocycles. The Bertz CT molecular complexity index is 1300. The zero-order valence-corrected chi connectivity index (χ0v) is 18.9. The standard InChI is InChI=1S/C27H24FN3O4/c28-19-11-7-17(8-12-19)16-35-20-13-9-18(10-14-20)24-23-6-3-15-30(23)27(25(24)31(33)34)21-4-1-2-5-22(21)29-26(27)32/h1-2,4-5,7-14,23-25H,3,6,15-16H2,(H,29,32)/t23-,24-,25-,27+/m1/s1. The minimum Gasteiger partial charge on any atom is -0.489 e. The van der Waals surface area contributed by atoms with Gasteiger partial charge in [-0.15, -0.1) is 0 Å². The van der Waals surface area contributed by atoms with E-state index in [1.165, 1.54) is 12.1 Å². The summed E-state index contributed by atoms with van der Waals surface area (Å²) >= 11 is 0. The lowest BCUT2D eigenvalue weighted by atomic mass is 9.77. The van der Waals surface area contributed by atoms with Crippen molar-refractivity contribution in [3.8, 4) is 5.75 Å². The third kappa shape index (κ3) is 3.24. The van der Waals surface area contributed by atoms with E-state index < -0.39 is 17.5 Å². The van der Waals surface area contributed by atoms with Crippen molar-refractivity contribution >= 4 is 11.6 Å². The molecular formula is C27H24FN3O4. The van der Waals surface area contributed by atoms with Gasteiger partial charge in [0.15, 0.2) is 5.54 Å². The summed E-state index contributed by atoms with van der Waals surface area (Å²) < 4.78 is 19.0. The Morgan fingerprint density at radius 2 is 1.83 bits per heavy atom. The maximum Gasteiger partial charge on any atom is 0.256 e. The largest absolute Gasteiger partial charge is 0.489 e. The Labute approximate surface area is 201 Å². The molecule has 1 N–H and O–H groups in total. The molecule has 2 saturated heterocycles. The molecular weight excluding hydrogens is 449 g/mol. The van der Waals surface area contributed by atoms with Crippen LogP contribution in [0, 0.1) is 15.9 Å². The average molecular weight is 474 g/mol. The van der Waals surface area contributed by atoms with Crippen LogP contribution < -0.4 is 10.1 Å². The smallest absolute Gasteiger partial charge is 0.256 e. The van der Waals surface area contributed by atoms with Crippen LogP contribution in [0.2, 0.25) is 0 Å². The number of nitrogens with zero attached hydrogens (tertiary/aromatic N) is 2. The van der Waals surface area contributed by atoms with Gasteiger partial charge in [0.1, 0.15) is 18.2 Å². The van der Waals surface area contributed by atoms with Crippen molar-refractivity contribution in [2.24, 2.45) is 0 Å². The topological polar surface area (TPSA) is 84.7 Å². The molecule has 7 nitrogen and oxygen atoms in total. The molecule has 0 aliphatic carbocycles. The third-order valence-corrected chi connectivity index (χ3v) is 7.68. The van der Waals surface area contributed by atoms with Crippen LogP contribution in [0.25, 0.3) is 0 Å². The van der Waals surface area contributed by atoms with E-state index in [0.717, 1.165) is 24.0 Å². The van der Waals surface area contributed by atoms with E-state index in [2.05, 4.69) is 10.2 Å². The van der Waals surface area contributed by atoms with E-state index in [4.69, 9.17) is 4.74 Å². The predicted octanol–water partition coefficient (Wildman–Crippen LogP) is 4.46. The number of halogens is 1. The molecule has 2 fully saturated rings. The van der Waals surface area contributed by atoms with Crippen molar-refractivity contribution < 1.29 is 18.8 Å². The van der Waals surface area contributed by atoms with Crippen molar-refractivity contribution in [2.45, 2.75) is 43.0 Å². The zero-order valence-electron chi connectivity index (χ0n) is 18.9. The van der Waals surface area contributed by atoms with Crippen LogP contribution in [0.3, 0.4) is 0 Å². The number of ether oxygens (including phenoxy) is 1. The summed E-state index contributed by atoms with van der Waals surface area (Å²) in [5, 5.41) is 15.5. The van der Waals surface area contributed by atoms with Gasteiger partial charge in [-0.25, -0.2) is 4.39 Å². The number of nitrogens with one attached hydrogen (secondary N) is 1. The molecule has 1 amide bonds. The molecule has 178 valence electrons. The van der Waals surface area contributed by atoms with E-state index in [1.54, 1.807) is 12.1 Å². The molecule has 8 heteroatoms. The van der Waals surface area contributed by atoms with Crippen molar-refractivity contribution in [3.63, 3.8) is 0 Å². The zero-order chi connectivity index (χ0) is 24.2. The van der Waals surface area contributed by atoms with Gasteiger partial charge < -0.3 is 10.1 Å². The highest BCUT2D eigenvalue weighted by Gasteiger charge is 2.73. The number of rotatable bonds is 5. The molecule has 3 heterocycles. The first-order chi connectivity index (χ1) is 17.0. The van der Waals surface area contributed by atoms with Crippen molar-refractivity contribution in [3.05, 3.63) is 105 Å². The minimum absolute atomic E-state index is 0.103. The molecule has 3 aliphatic heterocycles. The number of fused-ring (bicyclic) bond motifs is 4. The van der Waals surface area contributed by atoms with Gasteiger partial charge in [0, 0.05) is 28.8 Å². The Kier molecular flexibility index (Phi) is 5.07. The molecule has 0 bridgehead atoms. The van der Waals surface area contributed by atoms with E-state index in [9.17, 15) is 19.3 Å². The molecule has 0 unspecified atom stereocenters. The summed E-state index contributed by atoms with van der Waals surface area (Å²) in [6.45, 7) is 0.934.